The molecule has 2 N–H and O–H groups in total. The van der Waals surface area contributed by atoms with E-state index in [4.69, 9.17) is 5.73 Å². The highest BCUT2D eigenvalue weighted by Gasteiger charge is 2.05. The number of benzene rings is 1. The van der Waals surface area contributed by atoms with E-state index in [-0.39, 0.29) is 10.6 Å². The lowest BCUT2D eigenvalue weighted by Crippen LogP contribution is -2.15. The monoisotopic (exact) mass is 238 g/mol. The summed E-state index contributed by atoms with van der Waals surface area (Å²) in [6.45, 7) is 2.23. The van der Waals surface area contributed by atoms with Crippen molar-refractivity contribution < 1.29 is 4.39 Å². The topological polar surface area (TPSA) is 48.0 Å². The van der Waals surface area contributed by atoms with Gasteiger partial charge in [-0.15, -0.1) is 0 Å². The van der Waals surface area contributed by atoms with Crippen molar-refractivity contribution in [2.24, 2.45) is 0 Å². The van der Waals surface area contributed by atoms with Gasteiger partial charge >= 0.3 is 4.87 Å². The number of nitrogens with two attached hydrogens (primary N) is 1. The van der Waals surface area contributed by atoms with Gasteiger partial charge in [0.2, 0.25) is 0 Å². The van der Waals surface area contributed by atoms with Crippen LogP contribution >= 0.6 is 11.3 Å². The summed E-state index contributed by atoms with van der Waals surface area (Å²) in [5.74, 6) is -0.446. The molecule has 2 aromatic rings. The van der Waals surface area contributed by atoms with Crippen LogP contribution in [0.15, 0.2) is 28.4 Å². The Labute approximate surface area is 96.0 Å². The number of thiazole rings is 1. The Hall–Kier alpha value is -1.62. The Morgan fingerprint density at radius 1 is 1.50 bits per heavy atom. The third kappa shape index (κ3) is 1.99. The Bertz CT molecular complexity index is 574. The van der Waals surface area contributed by atoms with Crippen LogP contribution in [0.3, 0.4) is 0 Å². The minimum atomic E-state index is -0.446. The maximum atomic E-state index is 13.2. The summed E-state index contributed by atoms with van der Waals surface area (Å²) in [5.41, 5.74) is 7.12. The van der Waals surface area contributed by atoms with Gasteiger partial charge < -0.3 is 5.73 Å². The molecule has 0 aliphatic heterocycles. The molecule has 0 fully saturated rings. The molecule has 84 valence electrons. The van der Waals surface area contributed by atoms with E-state index < -0.39 is 5.82 Å². The Morgan fingerprint density at radius 2 is 2.25 bits per heavy atom. The first kappa shape index (κ1) is 10.9. The van der Waals surface area contributed by atoms with Crippen molar-refractivity contribution in [2.75, 3.05) is 5.73 Å². The minimum Gasteiger partial charge on any atom is -0.396 e. The van der Waals surface area contributed by atoms with Crippen LogP contribution in [0.4, 0.5) is 10.1 Å². The van der Waals surface area contributed by atoms with Gasteiger partial charge in [-0.1, -0.05) is 17.4 Å². The molecular formula is C11H11FN2OS. The van der Waals surface area contributed by atoms with Gasteiger partial charge in [-0.05, 0) is 24.6 Å². The number of aryl methyl sites for hydroxylation is 1. The number of anilines is 1. The van der Waals surface area contributed by atoms with E-state index in [9.17, 15) is 9.18 Å². The second-order valence-electron chi connectivity index (χ2n) is 3.59. The van der Waals surface area contributed by atoms with Crippen molar-refractivity contribution in [2.45, 2.75) is 13.5 Å². The van der Waals surface area contributed by atoms with Crippen LogP contribution in [0.1, 0.15) is 11.3 Å². The molecule has 0 saturated carbocycles. The third-order valence-corrected chi connectivity index (χ3v) is 3.26. The molecule has 3 nitrogen and oxygen atoms in total. The molecule has 0 spiro atoms. The van der Waals surface area contributed by atoms with Crippen molar-refractivity contribution in [3.8, 4) is 0 Å². The molecule has 1 aromatic heterocycles. The van der Waals surface area contributed by atoms with Gasteiger partial charge in [-0.25, -0.2) is 4.39 Å². The van der Waals surface area contributed by atoms with E-state index in [0.29, 0.717) is 6.54 Å². The first-order valence-electron chi connectivity index (χ1n) is 4.77. The lowest BCUT2D eigenvalue weighted by atomic mass is 10.2. The summed E-state index contributed by atoms with van der Waals surface area (Å²) in [6, 6.07) is 4.60. The molecule has 1 heterocycles. The molecule has 0 aliphatic rings. The quantitative estimate of drug-likeness (QED) is 0.813. The number of nitrogen functional groups attached to an aromatic ring is 1. The van der Waals surface area contributed by atoms with E-state index in [2.05, 4.69) is 0 Å². The summed E-state index contributed by atoms with van der Waals surface area (Å²) in [6.07, 6.45) is 0. The lowest BCUT2D eigenvalue weighted by Gasteiger charge is -2.05. The smallest absolute Gasteiger partial charge is 0.307 e. The van der Waals surface area contributed by atoms with Crippen molar-refractivity contribution in [1.29, 1.82) is 0 Å². The molecule has 0 unspecified atom stereocenters. The fourth-order valence-corrected chi connectivity index (χ4v) is 2.18. The van der Waals surface area contributed by atoms with Gasteiger partial charge in [-0.3, -0.25) is 9.36 Å². The van der Waals surface area contributed by atoms with Gasteiger partial charge in [0.25, 0.3) is 0 Å². The van der Waals surface area contributed by atoms with Crippen molar-refractivity contribution in [1.82, 2.24) is 4.57 Å². The SMILES string of the molecule is Cc1csc(=O)n1Cc1ccc(N)c(F)c1. The maximum absolute atomic E-state index is 13.2. The zero-order valence-electron chi connectivity index (χ0n) is 8.74. The summed E-state index contributed by atoms with van der Waals surface area (Å²) >= 11 is 1.15. The van der Waals surface area contributed by atoms with E-state index in [1.54, 1.807) is 16.0 Å². The highest BCUT2D eigenvalue weighted by Crippen LogP contribution is 2.13. The predicted molar refractivity (Wildman–Crippen MR) is 63.2 cm³/mol. The van der Waals surface area contributed by atoms with E-state index in [1.807, 2.05) is 6.92 Å². The number of nitrogens with zero attached hydrogens (tertiary/aromatic N) is 1. The molecule has 1 aromatic carbocycles. The van der Waals surface area contributed by atoms with Crippen molar-refractivity contribution in [3.05, 3.63) is 50.3 Å². The Morgan fingerprint density at radius 3 is 2.81 bits per heavy atom. The van der Waals surface area contributed by atoms with Crippen LogP contribution in [0.25, 0.3) is 0 Å². The third-order valence-electron chi connectivity index (χ3n) is 2.38. The Balaban J connectivity index is 2.34. The first-order valence-corrected chi connectivity index (χ1v) is 5.64. The molecule has 5 heteroatoms. The van der Waals surface area contributed by atoms with Crippen LogP contribution in [0.2, 0.25) is 0 Å². The van der Waals surface area contributed by atoms with Gasteiger partial charge in [0, 0.05) is 11.1 Å². The fourth-order valence-electron chi connectivity index (χ4n) is 1.45. The van der Waals surface area contributed by atoms with Crippen LogP contribution in [-0.2, 0) is 6.54 Å². The number of rotatable bonds is 2. The first-order chi connectivity index (χ1) is 7.58. The van der Waals surface area contributed by atoms with Gasteiger partial charge in [0.05, 0.1) is 12.2 Å². The molecule has 16 heavy (non-hydrogen) atoms. The van der Waals surface area contributed by atoms with Gasteiger partial charge in [0.1, 0.15) is 5.82 Å². The summed E-state index contributed by atoms with van der Waals surface area (Å²) < 4.78 is 14.8. The van der Waals surface area contributed by atoms with E-state index in [0.717, 1.165) is 22.6 Å². The largest absolute Gasteiger partial charge is 0.396 e. The average Bonchev–Trinajstić information content (AvgIpc) is 2.55. The fraction of sp³-hybridized carbons (Fsp3) is 0.182. The zero-order chi connectivity index (χ0) is 11.7. The molecule has 0 aliphatic carbocycles. The number of hydrogen-bond acceptors (Lipinski definition) is 3. The second kappa shape index (κ2) is 4.09. The van der Waals surface area contributed by atoms with Crippen molar-refractivity contribution >= 4 is 17.0 Å². The zero-order valence-corrected chi connectivity index (χ0v) is 9.55. The maximum Gasteiger partial charge on any atom is 0.307 e. The molecule has 0 saturated heterocycles. The minimum absolute atomic E-state index is 0.0327. The van der Waals surface area contributed by atoms with Gasteiger partial charge in [-0.2, -0.15) is 0 Å². The molecule has 0 amide bonds. The molecular weight excluding hydrogens is 227 g/mol. The highest BCUT2D eigenvalue weighted by molar-refractivity contribution is 7.07. The van der Waals surface area contributed by atoms with E-state index >= 15 is 0 Å². The standard InChI is InChI=1S/C11H11FN2OS/c1-7-6-16-11(15)14(7)5-8-2-3-10(13)9(12)4-8/h2-4,6H,5,13H2,1H3. The molecule has 0 atom stereocenters. The van der Waals surface area contributed by atoms with Gasteiger partial charge in [0.15, 0.2) is 0 Å². The average molecular weight is 238 g/mol. The van der Waals surface area contributed by atoms with Crippen LogP contribution in [-0.4, -0.2) is 4.57 Å². The number of aromatic nitrogens is 1. The highest BCUT2D eigenvalue weighted by atomic mass is 32.1. The van der Waals surface area contributed by atoms with Crippen molar-refractivity contribution in [3.63, 3.8) is 0 Å². The molecule has 0 radical (unpaired) electrons. The van der Waals surface area contributed by atoms with E-state index in [1.165, 1.54) is 12.1 Å². The van der Waals surface area contributed by atoms with Crippen LogP contribution in [0.5, 0.6) is 0 Å². The molecule has 2 rings (SSSR count). The number of halogens is 1. The van der Waals surface area contributed by atoms with Crippen LogP contribution < -0.4 is 10.6 Å². The second-order valence-corrected chi connectivity index (χ2v) is 4.41. The normalized spacial score (nSPS) is 10.6. The summed E-state index contributed by atoms with van der Waals surface area (Å²) in [4.78, 5) is 11.4. The Kier molecular flexibility index (Phi) is 2.78. The van der Waals surface area contributed by atoms with Crippen LogP contribution in [0, 0.1) is 12.7 Å². The lowest BCUT2D eigenvalue weighted by molar-refractivity contribution is 0.627. The number of hydrogen-bond donors (Lipinski definition) is 1. The summed E-state index contributed by atoms with van der Waals surface area (Å²) in [7, 11) is 0. The summed E-state index contributed by atoms with van der Waals surface area (Å²) in [5, 5.41) is 1.79. The molecule has 0 bridgehead atoms. The predicted octanol–water partition coefficient (Wildman–Crippen LogP) is 1.99.